The van der Waals surface area contributed by atoms with Gasteiger partial charge in [-0.3, -0.25) is 4.99 Å². The zero-order valence-electron chi connectivity index (χ0n) is 15.4. The highest BCUT2D eigenvalue weighted by molar-refractivity contribution is 5.79. The maximum atomic E-state index is 5.75. The first-order valence-electron chi connectivity index (χ1n) is 8.71. The Kier molecular flexibility index (Phi) is 7.06. The van der Waals surface area contributed by atoms with Crippen LogP contribution in [0, 0.1) is 13.8 Å². The van der Waals surface area contributed by atoms with Crippen LogP contribution in [-0.4, -0.2) is 52.0 Å². The molecule has 24 heavy (non-hydrogen) atoms. The molecule has 5 heteroatoms. The Labute approximate surface area is 145 Å². The van der Waals surface area contributed by atoms with Crippen molar-refractivity contribution >= 4 is 5.96 Å². The van der Waals surface area contributed by atoms with Crippen LogP contribution in [0.4, 0.5) is 0 Å². The van der Waals surface area contributed by atoms with Crippen molar-refractivity contribution in [2.24, 2.45) is 4.99 Å². The van der Waals surface area contributed by atoms with Gasteiger partial charge in [0.15, 0.2) is 5.96 Å². The van der Waals surface area contributed by atoms with Gasteiger partial charge in [-0.2, -0.15) is 0 Å². The lowest BCUT2D eigenvalue weighted by atomic mass is 9.94. The van der Waals surface area contributed by atoms with E-state index in [4.69, 9.17) is 9.47 Å². The van der Waals surface area contributed by atoms with Crippen molar-refractivity contribution in [3.05, 3.63) is 34.9 Å². The fraction of sp³-hybridized carbons (Fsp3) is 0.632. The summed E-state index contributed by atoms with van der Waals surface area (Å²) in [5.74, 6) is 0.822. The molecule has 1 aromatic rings. The molecular weight excluding hydrogens is 302 g/mol. The quantitative estimate of drug-likeness (QED) is 0.619. The van der Waals surface area contributed by atoms with Crippen LogP contribution in [0.5, 0.6) is 0 Å². The van der Waals surface area contributed by atoms with Crippen LogP contribution in [0.1, 0.15) is 29.5 Å². The largest absolute Gasteiger partial charge is 0.381 e. The number of hydrogen-bond acceptors (Lipinski definition) is 3. The van der Waals surface area contributed by atoms with Gasteiger partial charge in [-0.1, -0.05) is 29.3 Å². The highest BCUT2D eigenvalue weighted by Crippen LogP contribution is 2.23. The Hall–Kier alpha value is -1.59. The Bertz CT molecular complexity index is 531. The number of guanidine groups is 1. The molecule has 2 N–H and O–H groups in total. The van der Waals surface area contributed by atoms with E-state index >= 15 is 0 Å². The minimum absolute atomic E-state index is 0.149. The molecule has 0 radical (unpaired) electrons. The zero-order valence-corrected chi connectivity index (χ0v) is 15.4. The fourth-order valence-corrected chi connectivity index (χ4v) is 3.20. The molecule has 1 saturated heterocycles. The lowest BCUT2D eigenvalue weighted by Gasteiger charge is -2.36. The molecule has 0 spiro atoms. The van der Waals surface area contributed by atoms with Crippen LogP contribution in [0.25, 0.3) is 0 Å². The van der Waals surface area contributed by atoms with Crippen molar-refractivity contribution in [2.75, 3.05) is 40.5 Å². The highest BCUT2D eigenvalue weighted by atomic mass is 16.5. The first-order chi connectivity index (χ1) is 11.6. The Morgan fingerprint density at radius 3 is 2.42 bits per heavy atom. The third-order valence-electron chi connectivity index (χ3n) is 4.63. The third-order valence-corrected chi connectivity index (χ3v) is 4.63. The van der Waals surface area contributed by atoms with Crippen LogP contribution in [-0.2, 0) is 15.9 Å². The number of methoxy groups -OCH3 is 1. The zero-order chi connectivity index (χ0) is 17.4. The molecule has 2 rings (SSSR count). The maximum absolute atomic E-state index is 5.75. The van der Waals surface area contributed by atoms with Gasteiger partial charge in [-0.25, -0.2) is 0 Å². The predicted molar refractivity (Wildman–Crippen MR) is 98.8 cm³/mol. The molecule has 0 atom stereocenters. The van der Waals surface area contributed by atoms with E-state index < -0.39 is 0 Å². The summed E-state index contributed by atoms with van der Waals surface area (Å²) in [6, 6.07) is 6.69. The summed E-state index contributed by atoms with van der Waals surface area (Å²) >= 11 is 0. The SMILES string of the molecule is CN=C(NCCc1cc(C)cc(C)c1)NCC1(OC)CCOCC1. The molecule has 5 nitrogen and oxygen atoms in total. The number of benzene rings is 1. The van der Waals surface area contributed by atoms with Crippen molar-refractivity contribution in [3.8, 4) is 0 Å². The average molecular weight is 333 g/mol. The first-order valence-corrected chi connectivity index (χ1v) is 8.71. The van der Waals surface area contributed by atoms with Gasteiger partial charge in [0.2, 0.25) is 0 Å². The number of aliphatic imine (C=N–C) groups is 1. The average Bonchev–Trinajstić information content (AvgIpc) is 2.58. The van der Waals surface area contributed by atoms with Gasteiger partial charge < -0.3 is 20.1 Å². The van der Waals surface area contributed by atoms with Gasteiger partial charge in [0.1, 0.15) is 0 Å². The number of hydrogen-bond donors (Lipinski definition) is 2. The van der Waals surface area contributed by atoms with E-state index in [1.807, 2.05) is 0 Å². The third kappa shape index (κ3) is 5.49. The normalized spacial score (nSPS) is 17.6. The molecule has 1 fully saturated rings. The van der Waals surface area contributed by atoms with Crippen molar-refractivity contribution in [1.29, 1.82) is 0 Å². The van der Waals surface area contributed by atoms with Crippen LogP contribution in [0.2, 0.25) is 0 Å². The summed E-state index contributed by atoms with van der Waals surface area (Å²) in [5.41, 5.74) is 3.83. The second-order valence-corrected chi connectivity index (χ2v) is 6.60. The minimum atomic E-state index is -0.149. The molecular formula is C19H31N3O2. The van der Waals surface area contributed by atoms with E-state index in [0.29, 0.717) is 0 Å². The van der Waals surface area contributed by atoms with Gasteiger partial charge in [-0.15, -0.1) is 0 Å². The lowest BCUT2D eigenvalue weighted by molar-refractivity contribution is -0.0855. The molecule has 1 aromatic carbocycles. The molecule has 134 valence electrons. The second-order valence-electron chi connectivity index (χ2n) is 6.60. The molecule has 1 aliphatic rings. The highest BCUT2D eigenvalue weighted by Gasteiger charge is 2.32. The Morgan fingerprint density at radius 1 is 1.17 bits per heavy atom. The number of rotatable bonds is 6. The van der Waals surface area contributed by atoms with E-state index in [0.717, 1.165) is 51.5 Å². The molecule has 1 heterocycles. The van der Waals surface area contributed by atoms with E-state index in [-0.39, 0.29) is 5.60 Å². The molecule has 0 saturated carbocycles. The maximum Gasteiger partial charge on any atom is 0.191 e. The van der Waals surface area contributed by atoms with E-state index in [1.54, 1.807) is 14.2 Å². The van der Waals surface area contributed by atoms with Gasteiger partial charge in [0.25, 0.3) is 0 Å². The summed E-state index contributed by atoms with van der Waals surface area (Å²) in [6.07, 6.45) is 2.80. The second kappa shape index (κ2) is 9.04. The number of nitrogens with one attached hydrogen (secondary N) is 2. The van der Waals surface area contributed by atoms with Crippen LogP contribution in [0.3, 0.4) is 0 Å². The van der Waals surface area contributed by atoms with E-state index in [9.17, 15) is 0 Å². The summed E-state index contributed by atoms with van der Waals surface area (Å²) in [6.45, 7) is 7.40. The number of aryl methyl sites for hydroxylation is 2. The monoisotopic (exact) mass is 333 g/mol. The molecule has 0 amide bonds. The van der Waals surface area contributed by atoms with Crippen LogP contribution < -0.4 is 10.6 Å². The molecule has 0 unspecified atom stereocenters. The summed E-state index contributed by atoms with van der Waals surface area (Å²) in [5, 5.41) is 6.79. The predicted octanol–water partition coefficient (Wildman–Crippen LogP) is 2.21. The molecule has 0 bridgehead atoms. The topological polar surface area (TPSA) is 54.9 Å². The number of nitrogens with zero attached hydrogens (tertiary/aromatic N) is 1. The van der Waals surface area contributed by atoms with Crippen LogP contribution in [0.15, 0.2) is 23.2 Å². The Morgan fingerprint density at radius 2 is 1.83 bits per heavy atom. The minimum Gasteiger partial charge on any atom is -0.381 e. The van der Waals surface area contributed by atoms with Gasteiger partial charge in [-0.05, 0) is 25.8 Å². The summed E-state index contributed by atoms with van der Waals surface area (Å²) in [4.78, 5) is 4.31. The lowest BCUT2D eigenvalue weighted by Crippen LogP contribution is -2.51. The Balaban J connectivity index is 1.79. The first kappa shape index (κ1) is 18.7. The van der Waals surface area contributed by atoms with E-state index in [1.165, 1.54) is 16.7 Å². The molecule has 0 aromatic heterocycles. The van der Waals surface area contributed by atoms with Crippen molar-refractivity contribution < 1.29 is 9.47 Å². The molecule has 1 aliphatic heterocycles. The van der Waals surface area contributed by atoms with Crippen molar-refractivity contribution in [1.82, 2.24) is 10.6 Å². The standard InChI is InChI=1S/C19H31N3O2/c1-15-11-16(2)13-17(12-15)5-8-21-18(20-3)22-14-19(23-4)6-9-24-10-7-19/h11-13H,5-10,14H2,1-4H3,(H2,20,21,22). The van der Waals surface area contributed by atoms with Crippen molar-refractivity contribution in [2.45, 2.75) is 38.7 Å². The smallest absolute Gasteiger partial charge is 0.191 e. The van der Waals surface area contributed by atoms with Gasteiger partial charge >= 0.3 is 0 Å². The molecule has 0 aliphatic carbocycles. The summed E-state index contributed by atoms with van der Waals surface area (Å²) < 4.78 is 11.2. The summed E-state index contributed by atoms with van der Waals surface area (Å²) in [7, 11) is 3.58. The van der Waals surface area contributed by atoms with Gasteiger partial charge in [0, 0.05) is 53.3 Å². The van der Waals surface area contributed by atoms with Crippen LogP contribution >= 0.6 is 0 Å². The number of ether oxygens (including phenoxy) is 2. The van der Waals surface area contributed by atoms with Gasteiger partial charge in [0.05, 0.1) is 5.60 Å². The van der Waals surface area contributed by atoms with Crippen molar-refractivity contribution in [3.63, 3.8) is 0 Å². The van der Waals surface area contributed by atoms with E-state index in [2.05, 4.69) is 47.7 Å². The fourth-order valence-electron chi connectivity index (χ4n) is 3.20.